The third-order valence-corrected chi connectivity index (χ3v) is 6.91. The summed E-state index contributed by atoms with van der Waals surface area (Å²) in [6.45, 7) is 6.04. The Balaban J connectivity index is 2.12. The van der Waals surface area contributed by atoms with Crippen molar-refractivity contribution in [1.82, 2.24) is 8.61 Å². The fraction of sp³-hybridized carbons (Fsp3) is 1.00. The minimum Gasteiger partial charge on any atom is -0.195 e. The van der Waals surface area contributed by atoms with Crippen LogP contribution >= 0.6 is 11.6 Å². The zero-order valence-electron chi connectivity index (χ0n) is 11.9. The highest BCUT2D eigenvalue weighted by molar-refractivity contribution is 7.86. The van der Waals surface area contributed by atoms with Crippen LogP contribution in [0.3, 0.4) is 0 Å². The van der Waals surface area contributed by atoms with Crippen LogP contribution in [0.15, 0.2) is 0 Å². The van der Waals surface area contributed by atoms with Crippen molar-refractivity contribution in [2.45, 2.75) is 45.6 Å². The fourth-order valence-corrected chi connectivity index (χ4v) is 5.39. The third-order valence-electron chi connectivity index (χ3n) is 4.38. The summed E-state index contributed by atoms with van der Waals surface area (Å²) >= 11 is 5.90. The molecule has 0 N–H and O–H groups in total. The van der Waals surface area contributed by atoms with Gasteiger partial charge in [-0.1, -0.05) is 6.92 Å². The molecule has 6 heteroatoms. The van der Waals surface area contributed by atoms with Gasteiger partial charge in [-0.15, -0.1) is 11.6 Å². The number of halogens is 1. The Morgan fingerprint density at radius 2 is 1.89 bits per heavy atom. The minimum atomic E-state index is -3.30. The van der Waals surface area contributed by atoms with E-state index in [9.17, 15) is 8.42 Å². The summed E-state index contributed by atoms with van der Waals surface area (Å²) in [6, 6.07) is 0.123. The van der Waals surface area contributed by atoms with Gasteiger partial charge in [-0.3, -0.25) is 0 Å². The van der Waals surface area contributed by atoms with E-state index in [1.165, 1.54) is 0 Å². The Labute approximate surface area is 122 Å². The zero-order valence-corrected chi connectivity index (χ0v) is 13.5. The van der Waals surface area contributed by atoms with Crippen molar-refractivity contribution in [3.63, 3.8) is 0 Å². The molecule has 2 rings (SSSR count). The first-order valence-corrected chi connectivity index (χ1v) is 9.21. The lowest BCUT2D eigenvalue weighted by Crippen LogP contribution is -2.53. The predicted molar refractivity (Wildman–Crippen MR) is 78.5 cm³/mol. The molecular weight excluding hydrogens is 284 g/mol. The Hall–Kier alpha value is 0.160. The van der Waals surface area contributed by atoms with Crippen molar-refractivity contribution >= 4 is 21.8 Å². The molecule has 2 aliphatic rings. The fourth-order valence-electron chi connectivity index (χ4n) is 3.08. The van der Waals surface area contributed by atoms with Crippen molar-refractivity contribution in [2.75, 3.05) is 25.5 Å². The first kappa shape index (κ1) is 15.5. The lowest BCUT2D eigenvalue weighted by Gasteiger charge is -2.40. The third kappa shape index (κ3) is 3.43. The number of hydrogen-bond acceptors (Lipinski definition) is 2. The molecule has 0 aromatic rings. The van der Waals surface area contributed by atoms with Gasteiger partial charge < -0.3 is 0 Å². The van der Waals surface area contributed by atoms with Gasteiger partial charge in [-0.25, -0.2) is 0 Å². The van der Waals surface area contributed by atoms with E-state index in [-0.39, 0.29) is 6.04 Å². The molecule has 0 aromatic heterocycles. The van der Waals surface area contributed by atoms with E-state index in [1.807, 2.05) is 6.92 Å². The Kier molecular flexibility index (Phi) is 5.15. The van der Waals surface area contributed by atoms with Crippen LogP contribution in [0.4, 0.5) is 0 Å². The highest BCUT2D eigenvalue weighted by Gasteiger charge is 2.38. The molecule has 4 nitrogen and oxygen atoms in total. The van der Waals surface area contributed by atoms with Crippen molar-refractivity contribution in [3.05, 3.63) is 0 Å². The second kappa shape index (κ2) is 6.29. The van der Waals surface area contributed by atoms with E-state index in [4.69, 9.17) is 11.6 Å². The summed E-state index contributed by atoms with van der Waals surface area (Å²) in [5.41, 5.74) is 0. The van der Waals surface area contributed by atoms with Gasteiger partial charge in [0.15, 0.2) is 0 Å². The number of rotatable bonds is 3. The van der Waals surface area contributed by atoms with Crippen molar-refractivity contribution in [1.29, 1.82) is 0 Å². The molecule has 2 saturated heterocycles. The Morgan fingerprint density at radius 1 is 1.16 bits per heavy atom. The molecule has 0 aliphatic carbocycles. The average molecular weight is 309 g/mol. The van der Waals surface area contributed by atoms with Gasteiger partial charge in [0.1, 0.15) is 0 Å². The standard InChI is InChI=1S/C13H25ClN2O2S/c1-11-5-6-12(2)16(9-11)19(17,18)15-7-3-4-13(8-14)10-15/h11-13H,3-10H2,1-2H3. The minimum absolute atomic E-state index is 0.123. The van der Waals surface area contributed by atoms with Crippen molar-refractivity contribution in [3.8, 4) is 0 Å². The molecule has 2 fully saturated rings. The average Bonchev–Trinajstić information content (AvgIpc) is 2.41. The number of alkyl halides is 1. The molecule has 19 heavy (non-hydrogen) atoms. The summed E-state index contributed by atoms with van der Waals surface area (Å²) in [4.78, 5) is 0. The highest BCUT2D eigenvalue weighted by Crippen LogP contribution is 2.28. The molecule has 0 radical (unpaired) electrons. The maximum Gasteiger partial charge on any atom is 0.282 e. The summed E-state index contributed by atoms with van der Waals surface area (Å²) < 4.78 is 28.9. The van der Waals surface area contributed by atoms with Gasteiger partial charge in [-0.2, -0.15) is 17.0 Å². The van der Waals surface area contributed by atoms with Crippen LogP contribution < -0.4 is 0 Å². The first-order valence-electron chi connectivity index (χ1n) is 7.28. The maximum absolute atomic E-state index is 12.8. The topological polar surface area (TPSA) is 40.6 Å². The van der Waals surface area contributed by atoms with Gasteiger partial charge in [0.2, 0.25) is 0 Å². The smallest absolute Gasteiger partial charge is 0.195 e. The molecule has 2 heterocycles. The summed E-state index contributed by atoms with van der Waals surface area (Å²) in [6.07, 6.45) is 4.06. The highest BCUT2D eigenvalue weighted by atomic mass is 35.5. The van der Waals surface area contributed by atoms with E-state index in [0.717, 1.165) is 25.7 Å². The van der Waals surface area contributed by atoms with E-state index in [0.29, 0.717) is 37.4 Å². The molecule has 112 valence electrons. The van der Waals surface area contributed by atoms with Crippen LogP contribution in [0.25, 0.3) is 0 Å². The largest absolute Gasteiger partial charge is 0.282 e. The van der Waals surface area contributed by atoms with Crippen LogP contribution in [0.2, 0.25) is 0 Å². The van der Waals surface area contributed by atoms with Crippen LogP contribution in [0.1, 0.15) is 39.5 Å². The lowest BCUT2D eigenvalue weighted by atomic mass is 9.97. The SMILES string of the molecule is CC1CCC(C)N(S(=O)(=O)N2CCCC(CCl)C2)C1. The molecule has 0 spiro atoms. The number of piperidine rings is 2. The Bertz CT molecular complexity index is 401. The van der Waals surface area contributed by atoms with Crippen molar-refractivity contribution in [2.24, 2.45) is 11.8 Å². The van der Waals surface area contributed by atoms with Gasteiger partial charge >= 0.3 is 0 Å². The number of nitrogens with zero attached hydrogens (tertiary/aromatic N) is 2. The van der Waals surface area contributed by atoms with Crippen LogP contribution in [0.5, 0.6) is 0 Å². The summed E-state index contributed by atoms with van der Waals surface area (Å²) in [7, 11) is -3.30. The zero-order chi connectivity index (χ0) is 14.0. The quantitative estimate of drug-likeness (QED) is 0.751. The molecule has 0 amide bonds. The summed E-state index contributed by atoms with van der Waals surface area (Å²) in [5, 5.41) is 0. The van der Waals surface area contributed by atoms with E-state index >= 15 is 0 Å². The van der Waals surface area contributed by atoms with E-state index < -0.39 is 10.2 Å². The first-order chi connectivity index (χ1) is 8.95. The molecule has 0 bridgehead atoms. The van der Waals surface area contributed by atoms with Crippen molar-refractivity contribution < 1.29 is 8.42 Å². The van der Waals surface area contributed by atoms with E-state index in [1.54, 1.807) is 8.61 Å². The van der Waals surface area contributed by atoms with Crippen LogP contribution in [-0.4, -0.2) is 48.6 Å². The second-order valence-electron chi connectivity index (χ2n) is 6.13. The molecular formula is C13H25ClN2O2S. The summed E-state index contributed by atoms with van der Waals surface area (Å²) in [5.74, 6) is 1.32. The Morgan fingerprint density at radius 3 is 2.58 bits per heavy atom. The normalized spacial score (nSPS) is 35.4. The maximum atomic E-state index is 12.8. The van der Waals surface area contributed by atoms with Crippen LogP contribution in [-0.2, 0) is 10.2 Å². The van der Waals surface area contributed by atoms with Gasteiger partial charge in [0.05, 0.1) is 0 Å². The molecule has 3 atom stereocenters. The molecule has 0 saturated carbocycles. The lowest BCUT2D eigenvalue weighted by molar-refractivity contribution is 0.190. The van der Waals surface area contributed by atoms with Crippen LogP contribution in [0, 0.1) is 11.8 Å². The monoisotopic (exact) mass is 308 g/mol. The second-order valence-corrected chi connectivity index (χ2v) is 8.32. The number of hydrogen-bond donors (Lipinski definition) is 0. The van der Waals surface area contributed by atoms with E-state index in [2.05, 4.69) is 6.92 Å². The predicted octanol–water partition coefficient (Wildman–Crippen LogP) is 2.30. The molecule has 3 unspecified atom stereocenters. The molecule has 2 aliphatic heterocycles. The van der Waals surface area contributed by atoms with Gasteiger partial charge in [0.25, 0.3) is 10.2 Å². The molecule has 0 aromatic carbocycles. The van der Waals surface area contributed by atoms with Gasteiger partial charge in [0, 0.05) is 31.6 Å². The van der Waals surface area contributed by atoms with Gasteiger partial charge in [-0.05, 0) is 44.4 Å².